The molecule has 0 spiro atoms. The molecule has 0 aliphatic carbocycles. The zero-order valence-electron chi connectivity index (χ0n) is 13.9. The molecule has 2 N–H and O–H groups in total. The molecule has 1 saturated heterocycles. The lowest BCUT2D eigenvalue weighted by Gasteiger charge is -2.32. The summed E-state index contributed by atoms with van der Waals surface area (Å²) in [4.78, 5) is 14.8. The second-order valence-corrected chi connectivity index (χ2v) is 6.24. The number of quaternary nitrogens is 1. The molecule has 1 aliphatic rings. The van der Waals surface area contributed by atoms with Crippen molar-refractivity contribution in [2.24, 2.45) is 0 Å². The molecule has 0 unspecified atom stereocenters. The SMILES string of the molecule is C[NH+]1CCN(c2ccc([N+](=O)[O-])c(NCc3ccccc3)c2)CC1. The zero-order chi connectivity index (χ0) is 16.9. The normalized spacial score (nSPS) is 15.3. The quantitative estimate of drug-likeness (QED) is 0.646. The third kappa shape index (κ3) is 3.83. The van der Waals surface area contributed by atoms with Gasteiger partial charge >= 0.3 is 0 Å². The zero-order valence-corrected chi connectivity index (χ0v) is 13.9. The summed E-state index contributed by atoms with van der Waals surface area (Å²) in [6.07, 6.45) is 0. The Morgan fingerprint density at radius 3 is 2.54 bits per heavy atom. The Morgan fingerprint density at radius 2 is 1.88 bits per heavy atom. The van der Waals surface area contributed by atoms with E-state index in [1.54, 1.807) is 6.07 Å². The van der Waals surface area contributed by atoms with Crippen molar-refractivity contribution in [3.63, 3.8) is 0 Å². The Balaban J connectivity index is 1.79. The van der Waals surface area contributed by atoms with Crippen LogP contribution in [0.2, 0.25) is 0 Å². The molecule has 6 heteroatoms. The van der Waals surface area contributed by atoms with Crippen LogP contribution in [0.1, 0.15) is 5.56 Å². The molecule has 0 bridgehead atoms. The van der Waals surface area contributed by atoms with Gasteiger partial charge in [-0.15, -0.1) is 0 Å². The molecular formula is C18H23N4O2+. The van der Waals surface area contributed by atoms with Gasteiger partial charge in [0, 0.05) is 18.3 Å². The van der Waals surface area contributed by atoms with E-state index in [0.717, 1.165) is 37.4 Å². The first-order chi connectivity index (χ1) is 11.6. The van der Waals surface area contributed by atoms with Crippen LogP contribution < -0.4 is 15.1 Å². The van der Waals surface area contributed by atoms with Gasteiger partial charge in [-0.25, -0.2) is 0 Å². The third-order valence-corrected chi connectivity index (χ3v) is 4.48. The number of anilines is 2. The van der Waals surface area contributed by atoms with Gasteiger partial charge in [-0.1, -0.05) is 30.3 Å². The topological polar surface area (TPSA) is 62.9 Å². The molecule has 0 radical (unpaired) electrons. The first-order valence-electron chi connectivity index (χ1n) is 8.26. The minimum Gasteiger partial charge on any atom is -0.375 e. The predicted molar refractivity (Wildman–Crippen MR) is 95.7 cm³/mol. The van der Waals surface area contributed by atoms with E-state index in [2.05, 4.69) is 17.3 Å². The molecule has 1 heterocycles. The fourth-order valence-electron chi connectivity index (χ4n) is 2.96. The summed E-state index contributed by atoms with van der Waals surface area (Å²) in [7, 11) is 2.19. The number of piperazine rings is 1. The van der Waals surface area contributed by atoms with Crippen molar-refractivity contribution in [3.05, 3.63) is 64.2 Å². The third-order valence-electron chi connectivity index (χ3n) is 4.48. The highest BCUT2D eigenvalue weighted by Crippen LogP contribution is 2.30. The lowest BCUT2D eigenvalue weighted by molar-refractivity contribution is -0.880. The molecular weight excluding hydrogens is 304 g/mol. The second-order valence-electron chi connectivity index (χ2n) is 6.24. The van der Waals surface area contributed by atoms with Gasteiger partial charge < -0.3 is 15.1 Å². The molecule has 2 aromatic carbocycles. The summed E-state index contributed by atoms with van der Waals surface area (Å²) < 4.78 is 0. The van der Waals surface area contributed by atoms with E-state index in [0.29, 0.717) is 12.2 Å². The maximum absolute atomic E-state index is 11.3. The number of hydrogen-bond acceptors (Lipinski definition) is 4. The Morgan fingerprint density at radius 1 is 1.17 bits per heavy atom. The first-order valence-corrected chi connectivity index (χ1v) is 8.26. The van der Waals surface area contributed by atoms with E-state index < -0.39 is 0 Å². The highest BCUT2D eigenvalue weighted by Gasteiger charge is 2.20. The maximum Gasteiger partial charge on any atom is 0.292 e. The average molecular weight is 327 g/mol. The van der Waals surface area contributed by atoms with Crippen molar-refractivity contribution in [1.82, 2.24) is 0 Å². The second kappa shape index (κ2) is 7.31. The van der Waals surface area contributed by atoms with Crippen LogP contribution in [0, 0.1) is 10.1 Å². The number of nitro groups is 1. The molecule has 24 heavy (non-hydrogen) atoms. The van der Waals surface area contributed by atoms with Gasteiger partial charge in [0.25, 0.3) is 5.69 Å². The van der Waals surface area contributed by atoms with Crippen LogP contribution in [-0.4, -0.2) is 38.2 Å². The summed E-state index contributed by atoms with van der Waals surface area (Å²) in [5.41, 5.74) is 2.84. The molecule has 1 aliphatic heterocycles. The van der Waals surface area contributed by atoms with Gasteiger partial charge in [-0.3, -0.25) is 10.1 Å². The molecule has 2 aromatic rings. The van der Waals surface area contributed by atoms with Crippen molar-refractivity contribution < 1.29 is 9.82 Å². The summed E-state index contributed by atoms with van der Waals surface area (Å²) >= 11 is 0. The lowest BCUT2D eigenvalue weighted by Crippen LogP contribution is -3.12. The Hall–Kier alpha value is -2.60. The monoisotopic (exact) mass is 327 g/mol. The number of rotatable bonds is 5. The Labute approximate surface area is 141 Å². The van der Waals surface area contributed by atoms with Crippen molar-refractivity contribution in [2.75, 3.05) is 43.4 Å². The van der Waals surface area contributed by atoms with E-state index in [-0.39, 0.29) is 10.6 Å². The van der Waals surface area contributed by atoms with Crippen LogP contribution in [0.15, 0.2) is 48.5 Å². The standard InChI is InChI=1S/C18H22N4O2/c1-20-9-11-21(12-10-20)16-7-8-18(22(23)24)17(13-16)19-14-15-5-3-2-4-6-15/h2-8,13,19H,9-12,14H2,1H3/p+1. The van der Waals surface area contributed by atoms with Crippen molar-refractivity contribution in [2.45, 2.75) is 6.54 Å². The summed E-state index contributed by atoms with van der Waals surface area (Å²) in [6.45, 7) is 4.69. The number of hydrogen-bond donors (Lipinski definition) is 2. The number of likely N-dealkylation sites (N-methyl/N-ethyl adjacent to an activating group) is 1. The van der Waals surface area contributed by atoms with Gasteiger partial charge in [0.2, 0.25) is 0 Å². The molecule has 1 fully saturated rings. The van der Waals surface area contributed by atoms with Crippen LogP contribution in [0.25, 0.3) is 0 Å². The van der Waals surface area contributed by atoms with Crippen LogP contribution in [0.4, 0.5) is 17.1 Å². The van der Waals surface area contributed by atoms with Crippen molar-refractivity contribution in [3.8, 4) is 0 Å². The van der Waals surface area contributed by atoms with E-state index >= 15 is 0 Å². The van der Waals surface area contributed by atoms with Gasteiger partial charge in [0.05, 0.1) is 38.2 Å². The summed E-state index contributed by atoms with van der Waals surface area (Å²) in [5.74, 6) is 0. The molecule has 3 rings (SSSR count). The number of nitro benzene ring substituents is 1. The van der Waals surface area contributed by atoms with Crippen molar-refractivity contribution in [1.29, 1.82) is 0 Å². The molecule has 0 aromatic heterocycles. The van der Waals surface area contributed by atoms with E-state index in [4.69, 9.17) is 0 Å². The predicted octanol–water partition coefficient (Wildman–Crippen LogP) is 1.54. The highest BCUT2D eigenvalue weighted by atomic mass is 16.6. The van der Waals surface area contributed by atoms with Gasteiger partial charge in [0.15, 0.2) is 0 Å². The Bertz CT molecular complexity index is 697. The first kappa shape index (κ1) is 16.3. The smallest absolute Gasteiger partial charge is 0.292 e. The van der Waals surface area contributed by atoms with E-state index in [9.17, 15) is 10.1 Å². The van der Waals surface area contributed by atoms with Crippen LogP contribution in [0.3, 0.4) is 0 Å². The molecule has 6 nitrogen and oxygen atoms in total. The number of benzene rings is 2. The fourth-order valence-corrected chi connectivity index (χ4v) is 2.96. The fraction of sp³-hybridized carbons (Fsp3) is 0.333. The average Bonchev–Trinajstić information content (AvgIpc) is 2.61. The van der Waals surface area contributed by atoms with Crippen LogP contribution in [0.5, 0.6) is 0 Å². The molecule has 126 valence electrons. The Kier molecular flexibility index (Phi) is 4.96. The van der Waals surface area contributed by atoms with Crippen LogP contribution >= 0.6 is 0 Å². The number of nitrogens with one attached hydrogen (secondary N) is 2. The van der Waals surface area contributed by atoms with Crippen molar-refractivity contribution >= 4 is 17.1 Å². The largest absolute Gasteiger partial charge is 0.375 e. The maximum atomic E-state index is 11.3. The molecule has 0 amide bonds. The van der Waals surface area contributed by atoms with Gasteiger partial charge in [0.1, 0.15) is 5.69 Å². The summed E-state index contributed by atoms with van der Waals surface area (Å²) in [5, 5.41) is 14.5. The minimum atomic E-state index is -0.328. The van der Waals surface area contributed by atoms with Gasteiger partial charge in [-0.2, -0.15) is 0 Å². The van der Waals surface area contributed by atoms with E-state index in [1.807, 2.05) is 42.5 Å². The highest BCUT2D eigenvalue weighted by molar-refractivity contribution is 5.69. The lowest BCUT2D eigenvalue weighted by atomic mass is 10.2. The van der Waals surface area contributed by atoms with E-state index in [1.165, 1.54) is 4.90 Å². The molecule has 0 saturated carbocycles. The van der Waals surface area contributed by atoms with Crippen LogP contribution in [-0.2, 0) is 6.54 Å². The van der Waals surface area contributed by atoms with Gasteiger partial charge in [-0.05, 0) is 17.7 Å². The minimum absolute atomic E-state index is 0.120. The summed E-state index contributed by atoms with van der Waals surface area (Å²) in [6, 6.07) is 15.3. The number of nitrogens with zero attached hydrogens (tertiary/aromatic N) is 2. The molecule has 0 atom stereocenters.